The number of nitrogens with one attached hydrogen (secondary N) is 18. The van der Waals surface area contributed by atoms with Crippen LogP contribution in [-0.2, 0) is 114 Å². The predicted molar refractivity (Wildman–Crippen MR) is 517 cm³/mol. The Bertz CT molecular complexity index is 4990. The Labute approximate surface area is 810 Å². The van der Waals surface area contributed by atoms with Crippen molar-refractivity contribution in [2.24, 2.45) is 40.5 Å². The summed E-state index contributed by atoms with van der Waals surface area (Å²) in [5, 5.41) is 73.3. The molecule has 2 aromatic heterocycles. The number of imidazole rings is 1. The zero-order valence-electron chi connectivity index (χ0n) is 78.0. The van der Waals surface area contributed by atoms with Gasteiger partial charge in [-0.2, -0.15) is 25.3 Å². The third kappa shape index (κ3) is 39.3. The van der Waals surface area contributed by atoms with Gasteiger partial charge >= 0.3 is 5.97 Å². The van der Waals surface area contributed by atoms with Gasteiger partial charge in [-0.15, -0.1) is 0 Å². The number of benzene rings is 4. The van der Waals surface area contributed by atoms with Crippen molar-refractivity contribution in [1.29, 1.82) is 0 Å². The average molecular weight is 1960 g/mol. The number of amides is 16. The van der Waals surface area contributed by atoms with Crippen LogP contribution in [0.2, 0.25) is 0 Å². The molecule has 6 rings (SSSR count). The maximum atomic E-state index is 15.3. The molecule has 16 amide bonds. The van der Waals surface area contributed by atoms with Crippen molar-refractivity contribution in [3.05, 3.63) is 162 Å². The Morgan fingerprint density at radius 2 is 0.790 bits per heavy atom. The molecule has 6 aromatic rings. The lowest BCUT2D eigenvalue weighted by molar-refractivity contribution is -0.142. The van der Waals surface area contributed by atoms with Gasteiger partial charge in [0.25, 0.3) is 0 Å². The second-order valence-electron chi connectivity index (χ2n) is 34.1. The second kappa shape index (κ2) is 59.2. The summed E-state index contributed by atoms with van der Waals surface area (Å²) in [6.45, 7) is 8.40. The van der Waals surface area contributed by atoms with Gasteiger partial charge in [-0.3, -0.25) is 86.8 Å². The zero-order chi connectivity index (χ0) is 102. The number of aliphatic hydroxyl groups excluding tert-OH is 2. The standard InChI is InChI=1S/C92H134N24O20S2/c1-50(2)37-65(108-77(121)51(3)38-58-44-100-61-30-17-16-29-60(58)61)82(126)105-62(31-18-20-34-93)78(122)109-67(40-56-25-12-8-13-26-56)83(127)111-68(41-57-27-14-9-15-28-57)84(128)112-69(42-59-45-98-49-102-59)85(129)106-64(33-22-36-99-92(96)97)80(124)116-76(54(6)118)90(134)114-71(47-137)87(131)107-63(32-19-21-35-94)79(123)113-72(48-138)88(132)115-75(53(5)117)89(133)101-46-74(120)104-70(43-73(95)119)86(130)110-66(39-55-23-10-7-11-24-55)81(125)103-52(4)91(135)136/h7-17,23-30,44-45,49-54,62-72,75-76,92,99-100,117-118,137-138H,18-22,31-43,46-48,93-94,96-97H2,1-6H3,(H2,95,119)(H,98,102)(H,101,133)(H,103,125)(H,104,120)(H,105,126)(H,106,129)(H,107,131)(H,108,121)(H,109,122)(H,110,130)(H,111,127)(H,112,128)(H,113,123)(H,114,134)(H,115,132)(H,116,124)(H,135,136)/t51-,52-,53+,54+,62-,63-,64-,65-,66-,67-,68-,69-,70-,71-,72-,75-,76-/m0/s1. The van der Waals surface area contributed by atoms with E-state index in [2.05, 4.69) is 125 Å². The van der Waals surface area contributed by atoms with Gasteiger partial charge in [0.2, 0.25) is 94.5 Å². The quantitative estimate of drug-likeness (QED) is 0.00971. The number of nitrogens with zero attached hydrogens (tertiary/aromatic N) is 1. The summed E-state index contributed by atoms with van der Waals surface area (Å²) < 4.78 is 0. The molecule has 31 N–H and O–H groups in total. The number of carboxylic acid groups (broad SMARTS) is 1. The van der Waals surface area contributed by atoms with Crippen molar-refractivity contribution >= 4 is 137 Å². The highest BCUT2D eigenvalue weighted by Crippen LogP contribution is 2.23. The zero-order valence-corrected chi connectivity index (χ0v) is 79.8. The first-order chi connectivity index (χ1) is 65.7. The van der Waals surface area contributed by atoms with Crippen molar-refractivity contribution in [2.75, 3.05) is 37.7 Å². The molecule has 2 heterocycles. The smallest absolute Gasteiger partial charge is 0.325 e. The first kappa shape index (κ1) is 114. The van der Waals surface area contributed by atoms with E-state index in [4.69, 9.17) is 28.7 Å². The molecule has 0 spiro atoms. The molecule has 0 aliphatic rings. The van der Waals surface area contributed by atoms with E-state index in [0.29, 0.717) is 48.1 Å². The van der Waals surface area contributed by atoms with Crippen molar-refractivity contribution in [1.82, 2.24) is 100 Å². The molecule has 46 heteroatoms. The third-order valence-corrected chi connectivity index (χ3v) is 22.9. The lowest BCUT2D eigenvalue weighted by Crippen LogP contribution is -2.63. The highest BCUT2D eigenvalue weighted by Gasteiger charge is 2.40. The van der Waals surface area contributed by atoms with Crippen LogP contribution in [0.4, 0.5) is 0 Å². The molecule has 754 valence electrons. The number of aliphatic carboxylic acids is 1. The Kier molecular flexibility index (Phi) is 48.8. The molecule has 4 aromatic carbocycles. The lowest BCUT2D eigenvalue weighted by Gasteiger charge is -2.29. The number of aromatic nitrogens is 3. The van der Waals surface area contributed by atoms with Crippen LogP contribution in [0.25, 0.3) is 10.9 Å². The first-order valence-corrected chi connectivity index (χ1v) is 46.9. The summed E-state index contributed by atoms with van der Waals surface area (Å²) >= 11 is 8.53. The monoisotopic (exact) mass is 1960 g/mol. The molecule has 0 fully saturated rings. The lowest BCUT2D eigenvalue weighted by atomic mass is 9.97. The van der Waals surface area contributed by atoms with E-state index in [0.717, 1.165) is 30.3 Å². The molecule has 0 saturated heterocycles. The van der Waals surface area contributed by atoms with E-state index in [1.165, 1.54) is 19.4 Å². The normalized spacial score (nSPS) is 15.0. The van der Waals surface area contributed by atoms with Crippen LogP contribution >= 0.6 is 25.3 Å². The summed E-state index contributed by atoms with van der Waals surface area (Å²) in [4.78, 5) is 249. The number of H-pyrrole nitrogens is 2. The molecule has 0 aliphatic heterocycles. The molecule has 0 saturated carbocycles. The van der Waals surface area contributed by atoms with Crippen molar-refractivity contribution in [2.45, 2.75) is 241 Å². The van der Waals surface area contributed by atoms with E-state index in [9.17, 15) is 82.4 Å². The number of unbranched alkanes of at least 4 members (excludes halogenated alkanes) is 2. The number of fused-ring (bicyclic) bond motifs is 1. The number of para-hydroxylation sites is 1. The largest absolute Gasteiger partial charge is 0.480 e. The number of aromatic amines is 2. The number of carboxylic acids is 1. The fourth-order valence-electron chi connectivity index (χ4n) is 14.6. The molecule has 0 radical (unpaired) electrons. The summed E-state index contributed by atoms with van der Waals surface area (Å²) in [5.74, 6) is -18.6. The molecule has 0 bridgehead atoms. The fraction of sp³-hybridized carbons (Fsp3) is 0.500. The van der Waals surface area contributed by atoms with Gasteiger partial charge in [0.05, 0.1) is 31.5 Å². The van der Waals surface area contributed by atoms with Gasteiger partial charge in [0.1, 0.15) is 90.9 Å². The molecule has 0 unspecified atom stereocenters. The molecule has 0 aliphatic carbocycles. The maximum Gasteiger partial charge on any atom is 0.325 e. The van der Waals surface area contributed by atoms with E-state index < -0.39 is 228 Å². The third-order valence-electron chi connectivity index (χ3n) is 22.2. The van der Waals surface area contributed by atoms with Gasteiger partial charge in [-0.05, 0) is 139 Å². The Balaban J connectivity index is 1.17. The van der Waals surface area contributed by atoms with Crippen LogP contribution in [-0.4, -0.2) is 272 Å². The van der Waals surface area contributed by atoms with Gasteiger partial charge < -0.3 is 134 Å². The number of carbonyl (C=O) groups excluding carboxylic acids is 16. The van der Waals surface area contributed by atoms with Crippen LogP contribution in [0.1, 0.15) is 134 Å². The van der Waals surface area contributed by atoms with E-state index >= 15 is 14.4 Å². The van der Waals surface area contributed by atoms with E-state index in [1.54, 1.807) is 97.9 Å². The predicted octanol–water partition coefficient (Wildman–Crippen LogP) is -4.58. The average Bonchev–Trinajstić information content (AvgIpc) is 1.65. The van der Waals surface area contributed by atoms with Crippen LogP contribution in [0.5, 0.6) is 0 Å². The topological polar surface area (TPSA) is 718 Å². The Hall–Kier alpha value is -13.0. The minimum atomic E-state index is -1.92. The summed E-state index contributed by atoms with van der Waals surface area (Å²) in [6.07, 6.45) is -0.0725. The minimum absolute atomic E-state index is 0.0467. The second-order valence-corrected chi connectivity index (χ2v) is 34.9. The number of nitrogens with two attached hydrogens (primary N) is 5. The highest BCUT2D eigenvalue weighted by atomic mass is 32.1. The molecular weight excluding hydrogens is 1830 g/mol. The number of hydrogen-bond acceptors (Lipinski definition) is 27. The molecular formula is C92H134N24O20S2. The van der Waals surface area contributed by atoms with Crippen LogP contribution in [0, 0.1) is 11.8 Å². The van der Waals surface area contributed by atoms with Crippen molar-refractivity contribution in [3.63, 3.8) is 0 Å². The van der Waals surface area contributed by atoms with Gasteiger partial charge in [0, 0.05) is 72.1 Å². The SMILES string of the molecule is CC(C)C[C@H](NC(=O)[C@@H](C)Cc1c[nH]c2ccccc12)C(=O)N[C@@H](CCCCN)C(=O)N[C@@H](Cc1ccccc1)C(=O)N[C@@H](Cc1ccccc1)C(=O)N[C@@H](Cc1cnc[nH]1)C(=O)N[C@@H](CCCNC(N)N)C(=O)N[C@H](C(=O)N[C@@H](CS)C(=O)N[C@@H](CCCCN)C(=O)N[C@@H](CS)C(=O)N[C@H](C(=O)NCC(=O)N[C@@H](CC(N)=O)C(=O)N[C@@H](Cc1ccccc1)C(=O)N[C@@H](C)C(=O)O)[C@@H](C)O)[C@@H](C)O. The van der Waals surface area contributed by atoms with Gasteiger partial charge in [-0.25, -0.2) is 4.98 Å². The number of aliphatic hydroxyl groups is 2. The first-order valence-electron chi connectivity index (χ1n) is 45.6. The Morgan fingerprint density at radius 1 is 0.406 bits per heavy atom. The molecule has 138 heavy (non-hydrogen) atoms. The van der Waals surface area contributed by atoms with E-state index in [1.807, 2.05) is 44.3 Å². The summed E-state index contributed by atoms with van der Waals surface area (Å²) in [5.41, 5.74) is 32.5. The number of rotatable bonds is 62. The summed E-state index contributed by atoms with van der Waals surface area (Å²) in [7, 11) is 0. The van der Waals surface area contributed by atoms with Crippen molar-refractivity contribution < 1.29 is 96.8 Å². The fourth-order valence-corrected chi connectivity index (χ4v) is 15.1. The number of hydrogen-bond donors (Lipinski definition) is 28. The Morgan fingerprint density at radius 3 is 1.22 bits per heavy atom. The van der Waals surface area contributed by atoms with E-state index in [-0.39, 0.29) is 95.7 Å². The highest BCUT2D eigenvalue weighted by molar-refractivity contribution is 7.80. The number of thiol groups is 2. The van der Waals surface area contributed by atoms with Crippen LogP contribution in [0.15, 0.2) is 134 Å². The van der Waals surface area contributed by atoms with Crippen molar-refractivity contribution in [3.8, 4) is 0 Å². The summed E-state index contributed by atoms with van der Waals surface area (Å²) in [6, 6.07) is 11.3. The van der Waals surface area contributed by atoms with Crippen LogP contribution < -0.4 is 114 Å². The molecule has 17 atom stereocenters. The minimum Gasteiger partial charge on any atom is -0.480 e. The number of carbonyl (C=O) groups is 17. The molecule has 44 nitrogen and oxygen atoms in total. The maximum absolute atomic E-state index is 15.3. The number of primary amides is 1. The van der Waals surface area contributed by atoms with Gasteiger partial charge in [-0.1, -0.05) is 130 Å². The van der Waals surface area contributed by atoms with Gasteiger partial charge in [0.15, 0.2) is 0 Å². The van der Waals surface area contributed by atoms with Crippen LogP contribution in [0.3, 0.4) is 0 Å².